The monoisotopic (exact) mass is 296 g/mol. The van der Waals surface area contributed by atoms with E-state index in [2.05, 4.69) is 6.58 Å². The van der Waals surface area contributed by atoms with Gasteiger partial charge in [0, 0.05) is 0 Å². The molecule has 0 spiro atoms. The van der Waals surface area contributed by atoms with Crippen molar-refractivity contribution in [2.75, 3.05) is 13.2 Å². The lowest BCUT2D eigenvalue weighted by Crippen LogP contribution is -2.68. The lowest BCUT2D eigenvalue weighted by molar-refractivity contribution is -0.191. The average Bonchev–Trinajstić information content (AvgIpc) is 2.35. The predicted molar refractivity (Wildman–Crippen MR) is 73.3 cm³/mol. The fourth-order valence-corrected chi connectivity index (χ4v) is 3.04. The van der Waals surface area contributed by atoms with Gasteiger partial charge in [-0.1, -0.05) is 6.58 Å². The molecule has 116 valence electrons. The highest BCUT2D eigenvalue weighted by molar-refractivity contribution is 6.21. The molecule has 21 heavy (non-hydrogen) atoms. The summed E-state index contributed by atoms with van der Waals surface area (Å²) in [6.45, 7) is 9.22. The normalized spacial score (nSPS) is 27.5. The standard InChI is InChI=1S/C15H20O6/c1-6-20-12(18)14(10(4)16)8-9(3)15(14,11(5)17)13(19)21-7-2/h3,6-8H2,1-2,4-5H3. The lowest BCUT2D eigenvalue weighted by Gasteiger charge is -2.53. The van der Waals surface area contributed by atoms with Crippen LogP contribution in [0.5, 0.6) is 0 Å². The van der Waals surface area contributed by atoms with Crippen LogP contribution in [0, 0.1) is 10.8 Å². The summed E-state index contributed by atoms with van der Waals surface area (Å²) >= 11 is 0. The van der Waals surface area contributed by atoms with Gasteiger partial charge in [0.2, 0.25) is 0 Å². The minimum absolute atomic E-state index is 0.0257. The Morgan fingerprint density at radius 3 is 1.81 bits per heavy atom. The van der Waals surface area contributed by atoms with Crippen LogP contribution < -0.4 is 0 Å². The molecule has 1 fully saturated rings. The van der Waals surface area contributed by atoms with Crippen molar-refractivity contribution in [2.45, 2.75) is 34.1 Å². The molecule has 2 atom stereocenters. The first-order chi connectivity index (χ1) is 9.73. The van der Waals surface area contributed by atoms with Gasteiger partial charge in [-0.2, -0.15) is 0 Å². The zero-order valence-electron chi connectivity index (χ0n) is 12.8. The van der Waals surface area contributed by atoms with Crippen LogP contribution in [-0.2, 0) is 28.7 Å². The Morgan fingerprint density at radius 2 is 1.48 bits per heavy atom. The topological polar surface area (TPSA) is 86.7 Å². The number of ether oxygens (including phenoxy) is 2. The van der Waals surface area contributed by atoms with E-state index < -0.39 is 34.3 Å². The first-order valence-electron chi connectivity index (χ1n) is 6.78. The van der Waals surface area contributed by atoms with Gasteiger partial charge in [-0.05, 0) is 39.7 Å². The van der Waals surface area contributed by atoms with Crippen molar-refractivity contribution in [3.05, 3.63) is 12.2 Å². The third-order valence-corrected chi connectivity index (χ3v) is 3.98. The summed E-state index contributed by atoms with van der Waals surface area (Å²) in [5, 5.41) is 0. The van der Waals surface area contributed by atoms with Crippen LogP contribution in [0.1, 0.15) is 34.1 Å². The van der Waals surface area contributed by atoms with Crippen molar-refractivity contribution >= 4 is 23.5 Å². The van der Waals surface area contributed by atoms with E-state index in [4.69, 9.17) is 9.47 Å². The second-order valence-electron chi connectivity index (χ2n) is 4.99. The minimum Gasteiger partial charge on any atom is -0.465 e. The molecule has 0 aliphatic heterocycles. The second kappa shape index (κ2) is 5.79. The molecule has 1 saturated carbocycles. The Hall–Kier alpha value is -1.98. The van der Waals surface area contributed by atoms with Crippen LogP contribution in [0.15, 0.2) is 12.2 Å². The molecule has 0 aromatic carbocycles. The van der Waals surface area contributed by atoms with Crippen LogP contribution in [0.25, 0.3) is 0 Å². The Morgan fingerprint density at radius 1 is 1.00 bits per heavy atom. The highest BCUT2D eigenvalue weighted by Crippen LogP contribution is 2.62. The fourth-order valence-electron chi connectivity index (χ4n) is 3.04. The van der Waals surface area contributed by atoms with E-state index in [0.29, 0.717) is 0 Å². The van der Waals surface area contributed by atoms with Crippen LogP contribution in [0.2, 0.25) is 0 Å². The van der Waals surface area contributed by atoms with Crippen molar-refractivity contribution in [3.8, 4) is 0 Å². The average molecular weight is 296 g/mol. The summed E-state index contributed by atoms with van der Waals surface area (Å²) in [6, 6.07) is 0. The molecule has 0 aromatic heterocycles. The van der Waals surface area contributed by atoms with Crippen LogP contribution >= 0.6 is 0 Å². The van der Waals surface area contributed by atoms with Crippen molar-refractivity contribution in [1.29, 1.82) is 0 Å². The highest BCUT2D eigenvalue weighted by atomic mass is 16.5. The van der Waals surface area contributed by atoms with Gasteiger partial charge in [-0.3, -0.25) is 19.2 Å². The summed E-state index contributed by atoms with van der Waals surface area (Å²) in [5.41, 5.74) is -3.63. The van der Waals surface area contributed by atoms with Gasteiger partial charge in [0.25, 0.3) is 0 Å². The Labute approximate surface area is 123 Å². The minimum atomic E-state index is -1.97. The zero-order chi connectivity index (χ0) is 16.4. The van der Waals surface area contributed by atoms with Gasteiger partial charge >= 0.3 is 11.9 Å². The molecule has 1 rings (SSSR count). The van der Waals surface area contributed by atoms with E-state index in [9.17, 15) is 19.2 Å². The largest absolute Gasteiger partial charge is 0.465 e. The molecule has 1 aliphatic rings. The molecule has 6 heteroatoms. The van der Waals surface area contributed by atoms with Gasteiger partial charge < -0.3 is 9.47 Å². The number of carbonyl (C=O) groups excluding carboxylic acids is 4. The van der Waals surface area contributed by atoms with E-state index in [1.54, 1.807) is 13.8 Å². The van der Waals surface area contributed by atoms with Crippen LogP contribution in [0.3, 0.4) is 0 Å². The molecule has 1 aliphatic carbocycles. The number of hydrogen-bond acceptors (Lipinski definition) is 6. The van der Waals surface area contributed by atoms with Crippen molar-refractivity contribution in [1.82, 2.24) is 0 Å². The molecule has 6 nitrogen and oxygen atoms in total. The first kappa shape index (κ1) is 17.1. The van der Waals surface area contributed by atoms with Crippen molar-refractivity contribution < 1.29 is 28.7 Å². The van der Waals surface area contributed by atoms with E-state index in [1.807, 2.05) is 0 Å². The van der Waals surface area contributed by atoms with Gasteiger partial charge in [-0.25, -0.2) is 0 Å². The Bertz CT molecular complexity index is 510. The van der Waals surface area contributed by atoms with Crippen LogP contribution in [-0.4, -0.2) is 36.7 Å². The maximum atomic E-state index is 12.4. The van der Waals surface area contributed by atoms with E-state index >= 15 is 0 Å². The van der Waals surface area contributed by atoms with Crippen molar-refractivity contribution in [2.24, 2.45) is 10.8 Å². The molecule has 0 heterocycles. The third-order valence-electron chi connectivity index (χ3n) is 3.98. The smallest absolute Gasteiger partial charge is 0.325 e. The Kier molecular flexibility index (Phi) is 4.71. The number of ketones is 2. The summed E-state index contributed by atoms with van der Waals surface area (Å²) in [6.07, 6.45) is -0.0838. The van der Waals surface area contributed by atoms with Crippen molar-refractivity contribution in [3.63, 3.8) is 0 Å². The maximum Gasteiger partial charge on any atom is 0.325 e. The van der Waals surface area contributed by atoms with E-state index in [1.165, 1.54) is 6.92 Å². The SMILES string of the molecule is C=C1CC(C(C)=O)(C(=O)OCC)C1(C(C)=O)C(=O)OCC. The van der Waals surface area contributed by atoms with Crippen LogP contribution in [0.4, 0.5) is 0 Å². The molecule has 0 amide bonds. The van der Waals surface area contributed by atoms with Gasteiger partial charge in [0.15, 0.2) is 16.6 Å². The van der Waals surface area contributed by atoms with Gasteiger partial charge in [0.05, 0.1) is 13.2 Å². The molecule has 0 aromatic rings. The molecule has 0 radical (unpaired) electrons. The van der Waals surface area contributed by atoms with E-state index in [-0.39, 0.29) is 25.2 Å². The zero-order valence-corrected chi connectivity index (χ0v) is 12.8. The van der Waals surface area contributed by atoms with E-state index in [0.717, 1.165) is 6.92 Å². The predicted octanol–water partition coefficient (Wildman–Crippen LogP) is 1.22. The quantitative estimate of drug-likeness (QED) is 0.416. The number of carbonyl (C=O) groups is 4. The number of hydrogen-bond donors (Lipinski definition) is 0. The molecule has 0 bridgehead atoms. The molecular weight excluding hydrogens is 276 g/mol. The Balaban J connectivity index is 3.53. The molecule has 0 N–H and O–H groups in total. The fraction of sp³-hybridized carbons (Fsp3) is 0.600. The molecule has 0 saturated heterocycles. The lowest BCUT2D eigenvalue weighted by atomic mass is 9.43. The number of esters is 2. The molecular formula is C15H20O6. The summed E-state index contributed by atoms with van der Waals surface area (Å²) in [4.78, 5) is 49.0. The van der Waals surface area contributed by atoms with Gasteiger partial charge in [-0.15, -0.1) is 0 Å². The van der Waals surface area contributed by atoms with Gasteiger partial charge in [0.1, 0.15) is 5.78 Å². The third kappa shape index (κ3) is 2.01. The summed E-state index contributed by atoms with van der Waals surface area (Å²) in [7, 11) is 0. The second-order valence-corrected chi connectivity index (χ2v) is 4.99. The molecule has 2 unspecified atom stereocenters. The first-order valence-corrected chi connectivity index (χ1v) is 6.78. The summed E-state index contributed by atoms with van der Waals surface area (Å²) in [5.74, 6) is -3.04. The number of rotatable bonds is 6. The number of Topliss-reactive ketones (excluding diaryl/α,β-unsaturated/α-hetero) is 2. The summed E-state index contributed by atoms with van der Waals surface area (Å²) < 4.78 is 9.87. The highest BCUT2D eigenvalue weighted by Gasteiger charge is 2.77. The maximum absolute atomic E-state index is 12.4.